The fraction of sp³-hybridized carbons (Fsp3) is 0.571. The highest BCUT2D eigenvalue weighted by Gasteiger charge is 2.15. The van der Waals surface area contributed by atoms with Crippen molar-refractivity contribution in [3.63, 3.8) is 0 Å². The van der Waals surface area contributed by atoms with Crippen molar-refractivity contribution < 1.29 is 9.90 Å². The van der Waals surface area contributed by atoms with Gasteiger partial charge in [0.1, 0.15) is 0 Å². The van der Waals surface area contributed by atoms with Gasteiger partial charge in [0.15, 0.2) is 0 Å². The maximum absolute atomic E-state index is 11.9. The van der Waals surface area contributed by atoms with Gasteiger partial charge in [-0.2, -0.15) is 0 Å². The first kappa shape index (κ1) is 16.9. The van der Waals surface area contributed by atoms with E-state index in [1.165, 1.54) is 10.6 Å². The smallest absolute Gasteiger partial charge is 0.250 e. The van der Waals surface area contributed by atoms with Crippen LogP contribution in [0, 0.1) is 5.92 Å². The summed E-state index contributed by atoms with van der Waals surface area (Å²) in [5.74, 6) is 0.156. The van der Waals surface area contributed by atoms with Crippen molar-refractivity contribution in [1.82, 2.24) is 9.88 Å². The van der Waals surface area contributed by atoms with Crippen molar-refractivity contribution in [3.05, 3.63) is 33.2 Å². The average Bonchev–Trinajstić information content (AvgIpc) is 2.39. The Morgan fingerprint density at radius 3 is 2.75 bits per heavy atom. The van der Waals surface area contributed by atoms with Gasteiger partial charge in [-0.1, -0.05) is 13.8 Å². The summed E-state index contributed by atoms with van der Waals surface area (Å²) >= 11 is 3.30. The van der Waals surface area contributed by atoms with Gasteiger partial charge in [0.25, 0.3) is 5.56 Å². The molecule has 0 spiro atoms. The van der Waals surface area contributed by atoms with Crippen molar-refractivity contribution in [3.8, 4) is 0 Å². The molecule has 20 heavy (non-hydrogen) atoms. The Hall–Kier alpha value is -1.14. The molecule has 112 valence electrons. The molecule has 1 rings (SSSR count). The van der Waals surface area contributed by atoms with Crippen LogP contribution >= 0.6 is 15.9 Å². The van der Waals surface area contributed by atoms with Crippen LogP contribution in [-0.4, -0.2) is 28.2 Å². The van der Waals surface area contributed by atoms with E-state index in [0.29, 0.717) is 13.0 Å². The van der Waals surface area contributed by atoms with Gasteiger partial charge in [-0.05, 0) is 34.3 Å². The summed E-state index contributed by atoms with van der Waals surface area (Å²) in [6.45, 7) is 4.39. The van der Waals surface area contributed by atoms with Gasteiger partial charge in [0.05, 0.1) is 0 Å². The highest BCUT2D eigenvalue weighted by Crippen LogP contribution is 2.07. The van der Waals surface area contributed by atoms with Crippen LogP contribution in [0.15, 0.2) is 27.6 Å². The molecule has 1 heterocycles. The molecule has 1 aromatic heterocycles. The van der Waals surface area contributed by atoms with Gasteiger partial charge in [-0.15, -0.1) is 0 Å². The molecule has 1 atom stereocenters. The number of pyridine rings is 1. The van der Waals surface area contributed by atoms with Gasteiger partial charge in [0, 0.05) is 42.4 Å². The molecule has 5 nitrogen and oxygen atoms in total. The van der Waals surface area contributed by atoms with Crippen molar-refractivity contribution in [1.29, 1.82) is 0 Å². The Bertz CT molecular complexity index is 499. The van der Waals surface area contributed by atoms with E-state index in [9.17, 15) is 9.59 Å². The molecule has 0 saturated heterocycles. The Balaban J connectivity index is 2.54. The standard InChI is InChI=1S/C14H21BrN2O3/c1-10(2)12(6-8-18)16-13(19)5-7-17-9-11(15)3-4-14(17)20/h3-4,9-10,12,18H,5-8H2,1-2H3,(H,16,19). The lowest BCUT2D eigenvalue weighted by Gasteiger charge is -2.21. The lowest BCUT2D eigenvalue weighted by Crippen LogP contribution is -2.39. The number of hydrogen-bond donors (Lipinski definition) is 2. The van der Waals surface area contributed by atoms with Crippen LogP contribution in [0.5, 0.6) is 0 Å². The third-order valence-electron chi connectivity index (χ3n) is 3.12. The number of rotatable bonds is 7. The molecule has 0 aromatic carbocycles. The minimum absolute atomic E-state index is 0.0354. The van der Waals surface area contributed by atoms with E-state index < -0.39 is 0 Å². The first-order chi connectivity index (χ1) is 9.43. The Morgan fingerprint density at radius 1 is 1.45 bits per heavy atom. The van der Waals surface area contributed by atoms with Crippen LogP contribution in [0.4, 0.5) is 0 Å². The van der Waals surface area contributed by atoms with E-state index in [0.717, 1.165) is 4.47 Å². The zero-order valence-electron chi connectivity index (χ0n) is 11.8. The molecular formula is C14H21BrN2O3. The van der Waals surface area contributed by atoms with Crippen LogP contribution < -0.4 is 10.9 Å². The van der Waals surface area contributed by atoms with E-state index in [2.05, 4.69) is 21.2 Å². The number of aryl methyl sites for hydroxylation is 1. The maximum atomic E-state index is 11.9. The van der Waals surface area contributed by atoms with E-state index >= 15 is 0 Å². The summed E-state index contributed by atoms with van der Waals surface area (Å²) in [6, 6.07) is 3.10. The van der Waals surface area contributed by atoms with Gasteiger partial charge in [-0.3, -0.25) is 9.59 Å². The highest BCUT2D eigenvalue weighted by atomic mass is 79.9. The molecule has 0 aliphatic carbocycles. The van der Waals surface area contributed by atoms with Gasteiger partial charge < -0.3 is 15.0 Å². The number of carbonyl (C=O) groups is 1. The quantitative estimate of drug-likeness (QED) is 0.787. The minimum Gasteiger partial charge on any atom is -0.396 e. The molecule has 0 bridgehead atoms. The summed E-state index contributed by atoms with van der Waals surface area (Å²) in [4.78, 5) is 23.5. The number of nitrogens with zero attached hydrogens (tertiary/aromatic N) is 1. The molecule has 0 radical (unpaired) electrons. The van der Waals surface area contributed by atoms with Crippen molar-refractivity contribution in [2.45, 2.75) is 39.3 Å². The van der Waals surface area contributed by atoms with E-state index in [4.69, 9.17) is 5.11 Å². The Morgan fingerprint density at radius 2 is 2.15 bits per heavy atom. The van der Waals surface area contributed by atoms with Crippen LogP contribution in [-0.2, 0) is 11.3 Å². The second-order valence-corrected chi connectivity index (χ2v) is 5.97. The monoisotopic (exact) mass is 344 g/mol. The highest BCUT2D eigenvalue weighted by molar-refractivity contribution is 9.10. The van der Waals surface area contributed by atoms with E-state index in [1.807, 2.05) is 13.8 Å². The molecule has 2 N–H and O–H groups in total. The largest absolute Gasteiger partial charge is 0.396 e. The topological polar surface area (TPSA) is 71.3 Å². The lowest BCUT2D eigenvalue weighted by molar-refractivity contribution is -0.122. The molecule has 0 fully saturated rings. The summed E-state index contributed by atoms with van der Waals surface area (Å²) in [5.41, 5.74) is -0.128. The van der Waals surface area contributed by atoms with Crippen molar-refractivity contribution >= 4 is 21.8 Å². The maximum Gasteiger partial charge on any atom is 0.250 e. The minimum atomic E-state index is -0.128. The molecule has 1 unspecified atom stereocenters. The summed E-state index contributed by atoms with van der Waals surface area (Å²) in [5, 5.41) is 11.9. The number of aliphatic hydroxyl groups excluding tert-OH is 1. The second-order valence-electron chi connectivity index (χ2n) is 5.06. The van der Waals surface area contributed by atoms with Gasteiger partial charge in [-0.25, -0.2) is 0 Å². The molecule has 1 amide bonds. The lowest BCUT2D eigenvalue weighted by atomic mass is 10.0. The predicted molar refractivity (Wildman–Crippen MR) is 81.5 cm³/mol. The number of nitrogens with one attached hydrogen (secondary N) is 1. The van der Waals surface area contributed by atoms with Crippen LogP contribution in [0.1, 0.15) is 26.7 Å². The van der Waals surface area contributed by atoms with Crippen molar-refractivity contribution in [2.75, 3.05) is 6.61 Å². The fourth-order valence-corrected chi connectivity index (χ4v) is 2.27. The fourth-order valence-electron chi connectivity index (χ4n) is 1.89. The molecule has 0 saturated carbocycles. The van der Waals surface area contributed by atoms with Gasteiger partial charge >= 0.3 is 0 Å². The van der Waals surface area contributed by atoms with Gasteiger partial charge in [0.2, 0.25) is 5.91 Å². The van der Waals surface area contributed by atoms with E-state index in [1.54, 1.807) is 12.3 Å². The zero-order valence-corrected chi connectivity index (χ0v) is 13.4. The number of carbonyl (C=O) groups excluding carboxylic acids is 1. The van der Waals surface area contributed by atoms with Crippen LogP contribution in [0.3, 0.4) is 0 Å². The first-order valence-electron chi connectivity index (χ1n) is 6.70. The van der Waals surface area contributed by atoms with Crippen LogP contribution in [0.25, 0.3) is 0 Å². The third kappa shape index (κ3) is 5.46. The number of hydrogen-bond acceptors (Lipinski definition) is 3. The third-order valence-corrected chi connectivity index (χ3v) is 3.59. The number of amides is 1. The SMILES string of the molecule is CC(C)C(CCO)NC(=O)CCn1cc(Br)ccc1=O. The summed E-state index contributed by atoms with van der Waals surface area (Å²) < 4.78 is 2.30. The molecular weight excluding hydrogens is 324 g/mol. The Kier molecular flexibility index (Phi) is 6.95. The molecule has 1 aromatic rings. The Labute approximate surface area is 127 Å². The molecule has 6 heteroatoms. The first-order valence-corrected chi connectivity index (χ1v) is 7.49. The predicted octanol–water partition coefficient (Wildman–Crippen LogP) is 1.52. The van der Waals surface area contributed by atoms with E-state index in [-0.39, 0.29) is 36.5 Å². The zero-order chi connectivity index (χ0) is 15.1. The number of aliphatic hydroxyl groups is 1. The average molecular weight is 345 g/mol. The van der Waals surface area contributed by atoms with Crippen LogP contribution in [0.2, 0.25) is 0 Å². The van der Waals surface area contributed by atoms with Crippen molar-refractivity contribution in [2.24, 2.45) is 5.92 Å². The summed E-state index contributed by atoms with van der Waals surface area (Å²) in [7, 11) is 0. The molecule has 0 aliphatic heterocycles. The number of halogens is 1. The molecule has 0 aliphatic rings. The summed E-state index contributed by atoms with van der Waals surface area (Å²) in [6.07, 6.45) is 2.45. The number of aromatic nitrogens is 1. The second kappa shape index (κ2) is 8.21. The normalized spacial score (nSPS) is 12.4.